The number of hydrogen-bond acceptors (Lipinski definition) is 7. The molecule has 0 atom stereocenters. The van der Waals surface area contributed by atoms with Crippen molar-refractivity contribution in [3.05, 3.63) is 58.0 Å². The van der Waals surface area contributed by atoms with Crippen molar-refractivity contribution in [2.75, 3.05) is 33.0 Å². The van der Waals surface area contributed by atoms with E-state index < -0.39 is 31.2 Å². The van der Waals surface area contributed by atoms with Gasteiger partial charge in [-0.1, -0.05) is 11.3 Å². The molecule has 2 heterocycles. The normalized spacial score (nSPS) is 11.3. The number of amides is 2. The number of alkyl halides is 4. The Morgan fingerprint density at radius 2 is 1.91 bits per heavy atom. The second-order valence-corrected chi connectivity index (χ2v) is 7.97. The zero-order chi connectivity index (χ0) is 25.3. The third kappa shape index (κ3) is 8.03. The van der Waals surface area contributed by atoms with E-state index in [2.05, 4.69) is 15.6 Å². The average molecular weight is 515 g/mol. The zero-order valence-corrected chi connectivity index (χ0v) is 19.0. The van der Waals surface area contributed by atoms with Crippen LogP contribution in [-0.2, 0) is 11.3 Å². The van der Waals surface area contributed by atoms with E-state index in [1.54, 1.807) is 5.32 Å². The van der Waals surface area contributed by atoms with Crippen molar-refractivity contribution >= 4 is 23.2 Å². The quantitative estimate of drug-likeness (QED) is 0.284. The van der Waals surface area contributed by atoms with E-state index in [0.29, 0.717) is 6.54 Å². The van der Waals surface area contributed by atoms with E-state index >= 15 is 0 Å². The van der Waals surface area contributed by atoms with E-state index in [-0.39, 0.29) is 42.5 Å². The molecule has 0 aliphatic heterocycles. The first-order valence-corrected chi connectivity index (χ1v) is 11.1. The van der Waals surface area contributed by atoms with Gasteiger partial charge in [0.05, 0.1) is 26.0 Å². The van der Waals surface area contributed by atoms with Crippen molar-refractivity contribution in [2.24, 2.45) is 0 Å². The van der Waals surface area contributed by atoms with Crippen molar-refractivity contribution in [1.82, 2.24) is 25.6 Å². The molecule has 0 bridgehead atoms. The van der Waals surface area contributed by atoms with Gasteiger partial charge in [0, 0.05) is 10.4 Å². The number of carbonyl (C=O) groups is 2. The molecule has 0 fully saturated rings. The first-order valence-electron chi connectivity index (χ1n) is 10.3. The smallest absolute Gasteiger partial charge is 0.405 e. The standard InChI is InChI=1S/C21H21F4N5O4S/c22-5-6-33-7-8-34-18-10-14(19(31)27-13-21(23,24)25)3-4-17(18)30-12-16(28-29-30)20(32)26-11-15-2-1-9-35-15/h1-4,9-10,12H,5-8,11,13H2,(H,26,32)(H,27,31). The number of carbonyl (C=O) groups excluding carboxylic acids is 2. The Balaban J connectivity index is 1.76. The number of aromatic nitrogens is 3. The van der Waals surface area contributed by atoms with E-state index in [9.17, 15) is 27.2 Å². The molecule has 0 spiro atoms. The number of benzene rings is 1. The molecule has 0 aliphatic rings. The molecule has 3 aromatic rings. The van der Waals surface area contributed by atoms with Gasteiger partial charge in [-0.2, -0.15) is 13.2 Å². The van der Waals surface area contributed by atoms with Crippen LogP contribution in [0.3, 0.4) is 0 Å². The van der Waals surface area contributed by atoms with Gasteiger partial charge in [-0.15, -0.1) is 16.4 Å². The van der Waals surface area contributed by atoms with E-state index in [4.69, 9.17) is 9.47 Å². The molecular formula is C21H21F4N5O4S. The zero-order valence-electron chi connectivity index (χ0n) is 18.2. The summed E-state index contributed by atoms with van der Waals surface area (Å²) < 4.78 is 61.3. The molecule has 0 radical (unpaired) electrons. The fraction of sp³-hybridized carbons (Fsp3) is 0.333. The lowest BCUT2D eigenvalue weighted by Crippen LogP contribution is -2.33. The number of halogens is 4. The van der Waals surface area contributed by atoms with Crippen LogP contribution in [0.2, 0.25) is 0 Å². The molecule has 0 saturated carbocycles. The van der Waals surface area contributed by atoms with Gasteiger partial charge in [-0.05, 0) is 29.6 Å². The summed E-state index contributed by atoms with van der Waals surface area (Å²) in [5, 5.41) is 14.1. The van der Waals surface area contributed by atoms with Crippen molar-refractivity contribution < 1.29 is 36.6 Å². The summed E-state index contributed by atoms with van der Waals surface area (Å²) >= 11 is 1.49. The highest BCUT2D eigenvalue weighted by atomic mass is 32.1. The van der Waals surface area contributed by atoms with Crippen LogP contribution in [0.4, 0.5) is 17.6 Å². The second kappa shape index (κ2) is 12.3. The summed E-state index contributed by atoms with van der Waals surface area (Å²) in [5.41, 5.74) is 0.199. The van der Waals surface area contributed by atoms with Gasteiger partial charge < -0.3 is 20.1 Å². The summed E-state index contributed by atoms with van der Waals surface area (Å²) in [7, 11) is 0. The number of nitrogens with one attached hydrogen (secondary N) is 2. The maximum atomic E-state index is 12.4. The lowest BCUT2D eigenvalue weighted by molar-refractivity contribution is -0.123. The Morgan fingerprint density at radius 3 is 2.63 bits per heavy atom. The topological polar surface area (TPSA) is 107 Å². The summed E-state index contributed by atoms with van der Waals surface area (Å²) in [5.74, 6) is -1.35. The van der Waals surface area contributed by atoms with Crippen LogP contribution in [0.5, 0.6) is 5.75 Å². The average Bonchev–Trinajstić information content (AvgIpc) is 3.53. The van der Waals surface area contributed by atoms with Gasteiger partial charge in [-0.25, -0.2) is 9.07 Å². The van der Waals surface area contributed by atoms with Crippen LogP contribution in [0.1, 0.15) is 25.7 Å². The summed E-state index contributed by atoms with van der Waals surface area (Å²) in [6.45, 7) is -1.98. The largest absolute Gasteiger partial charge is 0.489 e. The van der Waals surface area contributed by atoms with Gasteiger partial charge >= 0.3 is 6.18 Å². The monoisotopic (exact) mass is 515 g/mol. The van der Waals surface area contributed by atoms with Crippen LogP contribution < -0.4 is 15.4 Å². The maximum absolute atomic E-state index is 12.4. The third-order valence-corrected chi connectivity index (χ3v) is 5.23. The van der Waals surface area contributed by atoms with E-state index in [1.807, 2.05) is 17.5 Å². The minimum Gasteiger partial charge on any atom is -0.489 e. The third-order valence-electron chi connectivity index (χ3n) is 4.35. The number of nitrogens with zero attached hydrogens (tertiary/aromatic N) is 3. The lowest BCUT2D eigenvalue weighted by atomic mass is 10.1. The first-order chi connectivity index (χ1) is 16.8. The number of rotatable bonds is 12. The first kappa shape index (κ1) is 26.1. The van der Waals surface area contributed by atoms with Crippen LogP contribution in [0, 0.1) is 0 Å². The Hall–Kier alpha value is -3.52. The lowest BCUT2D eigenvalue weighted by Gasteiger charge is -2.14. The Kier molecular flexibility index (Phi) is 9.14. The molecule has 14 heteroatoms. The highest BCUT2D eigenvalue weighted by Crippen LogP contribution is 2.25. The predicted octanol–water partition coefficient (Wildman–Crippen LogP) is 2.92. The van der Waals surface area contributed by atoms with Crippen molar-refractivity contribution in [1.29, 1.82) is 0 Å². The SMILES string of the molecule is O=C(NCC(F)(F)F)c1ccc(-n2cc(C(=O)NCc3cccs3)nn2)c(OCCOCCF)c1. The molecule has 2 N–H and O–H groups in total. The van der Waals surface area contributed by atoms with Gasteiger partial charge in [0.25, 0.3) is 11.8 Å². The summed E-state index contributed by atoms with van der Waals surface area (Å²) in [6, 6.07) is 7.64. The molecule has 0 unspecified atom stereocenters. The van der Waals surface area contributed by atoms with Crippen molar-refractivity contribution in [2.45, 2.75) is 12.7 Å². The predicted molar refractivity (Wildman–Crippen MR) is 118 cm³/mol. The van der Waals surface area contributed by atoms with Gasteiger partial charge in [0.1, 0.15) is 31.3 Å². The maximum Gasteiger partial charge on any atom is 0.405 e. The Morgan fingerprint density at radius 1 is 1.09 bits per heavy atom. The highest BCUT2D eigenvalue weighted by molar-refractivity contribution is 7.09. The van der Waals surface area contributed by atoms with E-state index in [1.165, 1.54) is 40.4 Å². The molecule has 3 rings (SSSR count). The minimum atomic E-state index is -4.57. The molecule has 2 amide bonds. The number of ether oxygens (including phenoxy) is 2. The molecule has 1 aromatic carbocycles. The highest BCUT2D eigenvalue weighted by Gasteiger charge is 2.28. The Labute approximate surface area is 201 Å². The molecule has 188 valence electrons. The second-order valence-electron chi connectivity index (χ2n) is 6.94. The van der Waals surface area contributed by atoms with Crippen LogP contribution in [-0.4, -0.2) is 66.0 Å². The number of thiophene rings is 1. The van der Waals surface area contributed by atoms with E-state index in [0.717, 1.165) is 4.88 Å². The van der Waals surface area contributed by atoms with Gasteiger partial charge in [0.2, 0.25) is 0 Å². The van der Waals surface area contributed by atoms with Crippen LogP contribution >= 0.6 is 11.3 Å². The van der Waals surface area contributed by atoms with Gasteiger partial charge in [-0.3, -0.25) is 9.59 Å². The fourth-order valence-corrected chi connectivity index (χ4v) is 3.41. The summed E-state index contributed by atoms with van der Waals surface area (Å²) in [6.07, 6.45) is -3.22. The molecule has 0 aliphatic carbocycles. The van der Waals surface area contributed by atoms with Crippen molar-refractivity contribution in [3.8, 4) is 11.4 Å². The molecule has 2 aromatic heterocycles. The molecule has 35 heavy (non-hydrogen) atoms. The van der Waals surface area contributed by atoms with Gasteiger partial charge in [0.15, 0.2) is 5.69 Å². The van der Waals surface area contributed by atoms with Crippen LogP contribution in [0.15, 0.2) is 41.9 Å². The molecule has 0 saturated heterocycles. The fourth-order valence-electron chi connectivity index (χ4n) is 2.77. The minimum absolute atomic E-state index is 0.0192. The van der Waals surface area contributed by atoms with Crippen LogP contribution in [0.25, 0.3) is 5.69 Å². The molecular weight excluding hydrogens is 494 g/mol. The Bertz CT molecular complexity index is 1120. The molecule has 9 nitrogen and oxygen atoms in total. The summed E-state index contributed by atoms with van der Waals surface area (Å²) in [4.78, 5) is 25.5. The van der Waals surface area contributed by atoms with Crippen molar-refractivity contribution in [3.63, 3.8) is 0 Å². The number of hydrogen-bond donors (Lipinski definition) is 2.